The Balaban J connectivity index is 1.21. The fourth-order valence-corrected chi connectivity index (χ4v) is 6.46. The Morgan fingerprint density at radius 1 is 0.951 bits per heavy atom. The lowest BCUT2D eigenvalue weighted by molar-refractivity contribution is -0.137. The highest BCUT2D eigenvalue weighted by molar-refractivity contribution is 5.87. The molecule has 3 heterocycles. The molecule has 0 radical (unpaired) electrons. The van der Waals surface area contributed by atoms with E-state index in [0.717, 1.165) is 65.1 Å². The summed E-state index contributed by atoms with van der Waals surface area (Å²) in [6.07, 6.45) is 8.84. The number of aromatic nitrogens is 4. The van der Waals surface area contributed by atoms with Crippen molar-refractivity contribution in [3.8, 4) is 33.6 Å². The fourth-order valence-electron chi connectivity index (χ4n) is 6.46. The van der Waals surface area contributed by atoms with Gasteiger partial charge in [-0.2, -0.15) is 0 Å². The minimum atomic E-state index is -0.653. The van der Waals surface area contributed by atoms with Gasteiger partial charge in [0, 0.05) is 6.04 Å². The molecular weight excluding hydrogens is 516 g/mol. The van der Waals surface area contributed by atoms with Crippen LogP contribution in [-0.2, 0) is 9.53 Å². The van der Waals surface area contributed by atoms with Crippen molar-refractivity contribution in [1.29, 1.82) is 0 Å². The van der Waals surface area contributed by atoms with Gasteiger partial charge in [0.05, 0.1) is 43.3 Å². The number of imidazole rings is 2. The van der Waals surface area contributed by atoms with Crippen molar-refractivity contribution in [2.75, 3.05) is 7.11 Å². The summed E-state index contributed by atoms with van der Waals surface area (Å²) < 4.78 is 4.81. The molecule has 2 amide bonds. The molecule has 2 aromatic heterocycles. The summed E-state index contributed by atoms with van der Waals surface area (Å²) in [6.45, 7) is 3.89. The van der Waals surface area contributed by atoms with E-state index in [0.29, 0.717) is 5.92 Å². The number of ether oxygens (including phenoxy) is 1. The third kappa shape index (κ3) is 5.24. The Kier molecular flexibility index (Phi) is 7.34. The summed E-state index contributed by atoms with van der Waals surface area (Å²) in [4.78, 5) is 43.5. The molecule has 212 valence electrons. The highest BCUT2D eigenvalue weighted by Crippen LogP contribution is 2.47. The second kappa shape index (κ2) is 11.2. The van der Waals surface area contributed by atoms with Crippen molar-refractivity contribution in [2.24, 2.45) is 11.8 Å². The maximum Gasteiger partial charge on any atom is 0.407 e. The standard InChI is InChI=1S/C32H36N6O3/c1-19(2)29(37-32(40)41-3)31(39)38-27-6-4-5-24(27)15-28(38)30-34-17-26(36-30)23-13-9-21(10-14-23)20-7-11-22(12-8-20)25-16-33-18-35-25/h7-14,16-19,24,27-29H,4-6,15H2,1-3H3,(H,33,35)(H,34,36)(H,37,40)/t24?,27?,28-,29-/m0/s1. The molecule has 1 aliphatic heterocycles. The number of hydrogen-bond donors (Lipinski definition) is 3. The summed E-state index contributed by atoms with van der Waals surface area (Å²) >= 11 is 0. The van der Waals surface area contributed by atoms with Crippen LogP contribution in [0.25, 0.3) is 33.6 Å². The second-order valence-corrected chi connectivity index (χ2v) is 11.4. The molecule has 4 atom stereocenters. The van der Waals surface area contributed by atoms with Gasteiger partial charge < -0.3 is 24.9 Å². The van der Waals surface area contributed by atoms with Gasteiger partial charge in [-0.15, -0.1) is 0 Å². The van der Waals surface area contributed by atoms with Gasteiger partial charge >= 0.3 is 6.09 Å². The van der Waals surface area contributed by atoms with Crippen LogP contribution in [0, 0.1) is 11.8 Å². The Hall–Kier alpha value is -4.40. The number of fused-ring (bicyclic) bond motifs is 1. The molecule has 2 fully saturated rings. The molecule has 9 nitrogen and oxygen atoms in total. The quantitative estimate of drug-likeness (QED) is 0.262. The Morgan fingerprint density at radius 2 is 1.61 bits per heavy atom. The van der Waals surface area contributed by atoms with E-state index in [4.69, 9.17) is 9.72 Å². The van der Waals surface area contributed by atoms with Crippen LogP contribution in [0.5, 0.6) is 0 Å². The monoisotopic (exact) mass is 552 g/mol. The largest absolute Gasteiger partial charge is 0.453 e. The molecule has 2 unspecified atom stereocenters. The first-order valence-corrected chi connectivity index (χ1v) is 14.3. The molecule has 6 rings (SSSR count). The molecule has 0 bridgehead atoms. The molecule has 4 aromatic rings. The van der Waals surface area contributed by atoms with Crippen molar-refractivity contribution in [2.45, 2.75) is 57.7 Å². The zero-order valence-electron chi connectivity index (χ0n) is 23.6. The lowest BCUT2D eigenvalue weighted by Crippen LogP contribution is -2.53. The maximum atomic E-state index is 13.9. The first-order chi connectivity index (χ1) is 19.9. The lowest BCUT2D eigenvalue weighted by Gasteiger charge is -2.33. The Bertz CT molecular complexity index is 1490. The minimum absolute atomic E-state index is 0.0642. The van der Waals surface area contributed by atoms with Gasteiger partial charge in [0.2, 0.25) is 5.91 Å². The number of methoxy groups -OCH3 is 1. The van der Waals surface area contributed by atoms with Crippen molar-refractivity contribution in [1.82, 2.24) is 30.2 Å². The van der Waals surface area contributed by atoms with Gasteiger partial charge in [-0.25, -0.2) is 14.8 Å². The van der Waals surface area contributed by atoms with Crippen LogP contribution in [0.4, 0.5) is 4.79 Å². The number of hydrogen-bond acceptors (Lipinski definition) is 5. The Morgan fingerprint density at radius 3 is 2.22 bits per heavy atom. The molecule has 2 aliphatic rings. The molecular formula is C32H36N6O3. The van der Waals surface area contributed by atoms with Gasteiger partial charge in [0.25, 0.3) is 0 Å². The smallest absolute Gasteiger partial charge is 0.407 e. The Labute approximate surface area is 239 Å². The first kappa shape index (κ1) is 26.8. The molecule has 1 saturated carbocycles. The van der Waals surface area contributed by atoms with Crippen LogP contribution in [0.3, 0.4) is 0 Å². The first-order valence-electron chi connectivity index (χ1n) is 14.3. The van der Waals surface area contributed by atoms with E-state index < -0.39 is 12.1 Å². The number of carbonyl (C=O) groups excluding carboxylic acids is 2. The maximum absolute atomic E-state index is 13.9. The average Bonchev–Trinajstić information content (AvgIpc) is 3.80. The number of amides is 2. The van der Waals surface area contributed by atoms with Crippen LogP contribution in [0.1, 0.15) is 51.4 Å². The van der Waals surface area contributed by atoms with E-state index in [1.54, 1.807) is 6.33 Å². The SMILES string of the molecule is COC(=O)N[C@H](C(=O)N1C2CCCC2C[C@H]1c1ncc(-c2ccc(-c3ccc(-c4cnc[nH]4)cc3)cc2)[nH]1)C(C)C. The molecule has 2 aromatic carbocycles. The van der Waals surface area contributed by atoms with Gasteiger partial charge in [-0.1, -0.05) is 68.8 Å². The molecule has 1 aliphatic carbocycles. The van der Waals surface area contributed by atoms with Gasteiger partial charge in [-0.3, -0.25) is 4.79 Å². The van der Waals surface area contributed by atoms with Crippen LogP contribution in [0.2, 0.25) is 0 Å². The molecule has 41 heavy (non-hydrogen) atoms. The second-order valence-electron chi connectivity index (χ2n) is 11.4. The van der Waals surface area contributed by atoms with Gasteiger partial charge in [0.1, 0.15) is 11.9 Å². The molecule has 9 heteroatoms. The number of alkyl carbamates (subject to hydrolysis) is 1. The predicted octanol–water partition coefficient (Wildman–Crippen LogP) is 5.96. The number of nitrogens with zero attached hydrogens (tertiary/aromatic N) is 3. The molecule has 3 N–H and O–H groups in total. The van der Waals surface area contributed by atoms with Crippen LogP contribution >= 0.6 is 0 Å². The number of H-pyrrole nitrogens is 2. The van der Waals surface area contributed by atoms with E-state index in [1.807, 2.05) is 31.1 Å². The van der Waals surface area contributed by atoms with E-state index in [1.165, 1.54) is 7.11 Å². The van der Waals surface area contributed by atoms with Gasteiger partial charge in [0.15, 0.2) is 0 Å². The van der Waals surface area contributed by atoms with Crippen molar-refractivity contribution in [3.05, 3.63) is 73.1 Å². The van der Waals surface area contributed by atoms with E-state index in [-0.39, 0.29) is 23.9 Å². The summed E-state index contributed by atoms with van der Waals surface area (Å²) in [5.74, 6) is 1.10. The average molecular weight is 553 g/mol. The minimum Gasteiger partial charge on any atom is -0.453 e. The third-order valence-corrected chi connectivity index (χ3v) is 8.62. The topological polar surface area (TPSA) is 116 Å². The number of carbonyl (C=O) groups is 2. The summed E-state index contributed by atoms with van der Waals surface area (Å²) in [6, 6.07) is 16.2. The van der Waals surface area contributed by atoms with Crippen molar-refractivity contribution >= 4 is 12.0 Å². The van der Waals surface area contributed by atoms with E-state index >= 15 is 0 Å². The van der Waals surface area contributed by atoms with E-state index in [9.17, 15) is 9.59 Å². The number of likely N-dealkylation sites (tertiary alicyclic amines) is 1. The lowest BCUT2D eigenvalue weighted by atomic mass is 10.0. The highest BCUT2D eigenvalue weighted by atomic mass is 16.5. The molecule has 1 saturated heterocycles. The number of aromatic amines is 2. The number of nitrogens with one attached hydrogen (secondary N) is 3. The van der Waals surface area contributed by atoms with Gasteiger partial charge in [-0.05, 0) is 53.4 Å². The highest BCUT2D eigenvalue weighted by Gasteiger charge is 2.49. The third-order valence-electron chi connectivity index (χ3n) is 8.62. The van der Waals surface area contributed by atoms with Crippen molar-refractivity contribution in [3.63, 3.8) is 0 Å². The van der Waals surface area contributed by atoms with Crippen molar-refractivity contribution < 1.29 is 14.3 Å². The zero-order valence-corrected chi connectivity index (χ0v) is 23.6. The van der Waals surface area contributed by atoms with Crippen LogP contribution in [-0.4, -0.2) is 56.0 Å². The number of rotatable bonds is 7. The summed E-state index contributed by atoms with van der Waals surface area (Å²) in [7, 11) is 1.32. The fraction of sp³-hybridized carbons (Fsp3) is 0.375. The number of benzene rings is 2. The predicted molar refractivity (Wildman–Crippen MR) is 157 cm³/mol. The van der Waals surface area contributed by atoms with Crippen LogP contribution < -0.4 is 5.32 Å². The summed E-state index contributed by atoms with van der Waals surface area (Å²) in [5.41, 5.74) is 6.30. The summed E-state index contributed by atoms with van der Waals surface area (Å²) in [5, 5.41) is 2.77. The van der Waals surface area contributed by atoms with Crippen LogP contribution in [0.15, 0.2) is 67.3 Å². The zero-order chi connectivity index (χ0) is 28.5. The molecule has 0 spiro atoms. The van der Waals surface area contributed by atoms with E-state index in [2.05, 4.69) is 68.8 Å². The normalized spacial score (nSPS) is 20.7.